The monoisotopic (exact) mass is 284 g/mol. The molecule has 1 N–H and O–H groups in total. The largest absolute Gasteiger partial charge is 0.381 e. The van der Waals surface area contributed by atoms with Crippen LogP contribution in [0.4, 0.5) is 5.69 Å². The number of hydrogen-bond acceptors (Lipinski definition) is 4. The van der Waals surface area contributed by atoms with Crippen molar-refractivity contribution < 1.29 is 8.42 Å². The first-order chi connectivity index (χ1) is 8.39. The molecule has 0 aromatic heterocycles. The average Bonchev–Trinajstić information content (AvgIpc) is 3.07. The smallest absolute Gasteiger partial charge is 0.154 e. The van der Waals surface area contributed by atoms with Gasteiger partial charge in [0.05, 0.1) is 21.0 Å². The van der Waals surface area contributed by atoms with Crippen molar-refractivity contribution in [2.24, 2.45) is 0 Å². The Morgan fingerprint density at radius 2 is 2.17 bits per heavy atom. The quantitative estimate of drug-likeness (QED) is 0.920. The van der Waals surface area contributed by atoms with E-state index in [2.05, 4.69) is 5.32 Å². The molecule has 1 saturated carbocycles. The van der Waals surface area contributed by atoms with Gasteiger partial charge in [-0.25, -0.2) is 8.42 Å². The Morgan fingerprint density at radius 1 is 1.50 bits per heavy atom. The van der Waals surface area contributed by atoms with Gasteiger partial charge in [0.25, 0.3) is 0 Å². The van der Waals surface area contributed by atoms with Crippen LogP contribution in [-0.2, 0) is 9.84 Å². The second-order valence-corrected chi connectivity index (χ2v) is 7.40. The summed E-state index contributed by atoms with van der Waals surface area (Å²) in [6, 6.07) is 7.04. The fourth-order valence-corrected chi connectivity index (χ4v) is 3.28. The number of sulfone groups is 1. The van der Waals surface area contributed by atoms with Gasteiger partial charge in [-0.1, -0.05) is 17.7 Å². The van der Waals surface area contributed by atoms with E-state index < -0.39 is 14.6 Å². The summed E-state index contributed by atoms with van der Waals surface area (Å²) < 4.78 is 22.6. The highest BCUT2D eigenvalue weighted by atomic mass is 35.5. The molecule has 0 aliphatic heterocycles. The molecule has 0 heterocycles. The lowest BCUT2D eigenvalue weighted by molar-refractivity contribution is 0.585. The molecule has 18 heavy (non-hydrogen) atoms. The van der Waals surface area contributed by atoms with E-state index in [1.54, 1.807) is 18.2 Å². The zero-order valence-electron chi connectivity index (χ0n) is 9.90. The van der Waals surface area contributed by atoms with Crippen molar-refractivity contribution in [3.8, 4) is 6.07 Å². The predicted octanol–water partition coefficient (Wildman–Crippen LogP) is 2.20. The minimum absolute atomic E-state index is 0.296. The predicted molar refractivity (Wildman–Crippen MR) is 71.5 cm³/mol. The van der Waals surface area contributed by atoms with E-state index >= 15 is 0 Å². The highest BCUT2D eigenvalue weighted by Gasteiger charge is 2.51. The fourth-order valence-electron chi connectivity index (χ4n) is 1.86. The number of halogens is 1. The van der Waals surface area contributed by atoms with E-state index in [-0.39, 0.29) is 0 Å². The first kappa shape index (κ1) is 13.2. The van der Waals surface area contributed by atoms with Crippen LogP contribution in [0.2, 0.25) is 5.02 Å². The van der Waals surface area contributed by atoms with Gasteiger partial charge in [0.1, 0.15) is 6.07 Å². The van der Waals surface area contributed by atoms with Crippen LogP contribution >= 0.6 is 11.6 Å². The van der Waals surface area contributed by atoms with Gasteiger partial charge in [0, 0.05) is 12.8 Å². The highest BCUT2D eigenvalue weighted by Crippen LogP contribution is 2.43. The fraction of sp³-hybridized carbons (Fsp3) is 0.417. The van der Waals surface area contributed by atoms with Crippen LogP contribution in [0, 0.1) is 11.3 Å². The van der Waals surface area contributed by atoms with E-state index in [1.807, 2.05) is 6.07 Å². The third-order valence-electron chi connectivity index (χ3n) is 3.32. The maximum Gasteiger partial charge on any atom is 0.154 e. The molecule has 1 aromatic carbocycles. The molecule has 0 amide bonds. The number of anilines is 1. The zero-order chi connectivity index (χ0) is 13.4. The number of rotatable bonds is 4. The molecule has 1 aliphatic carbocycles. The van der Waals surface area contributed by atoms with Crippen molar-refractivity contribution in [2.75, 3.05) is 18.1 Å². The molecule has 4 nitrogen and oxygen atoms in total. The van der Waals surface area contributed by atoms with E-state index in [0.29, 0.717) is 35.7 Å². The summed E-state index contributed by atoms with van der Waals surface area (Å²) in [7, 11) is -3.08. The topological polar surface area (TPSA) is 70.0 Å². The van der Waals surface area contributed by atoms with E-state index in [4.69, 9.17) is 16.9 Å². The zero-order valence-corrected chi connectivity index (χ0v) is 11.5. The van der Waals surface area contributed by atoms with Gasteiger partial charge in [0.2, 0.25) is 0 Å². The molecule has 96 valence electrons. The molecule has 0 atom stereocenters. The van der Waals surface area contributed by atoms with Gasteiger partial charge in [-0.15, -0.1) is 0 Å². The summed E-state index contributed by atoms with van der Waals surface area (Å²) in [5, 5.41) is 12.4. The van der Waals surface area contributed by atoms with Gasteiger partial charge < -0.3 is 5.32 Å². The average molecular weight is 285 g/mol. The number of nitrogens with zero attached hydrogens (tertiary/aromatic N) is 1. The normalized spacial score (nSPS) is 16.9. The molecule has 1 fully saturated rings. The van der Waals surface area contributed by atoms with Gasteiger partial charge in [-0.05, 0) is 25.0 Å². The Bertz CT molecular complexity index is 615. The lowest BCUT2D eigenvalue weighted by Crippen LogP contribution is -2.30. The third kappa shape index (κ3) is 2.31. The number of para-hydroxylation sites is 1. The molecule has 0 bridgehead atoms. The van der Waals surface area contributed by atoms with Crippen molar-refractivity contribution in [1.82, 2.24) is 0 Å². The maximum absolute atomic E-state index is 11.6. The number of hydrogen-bond donors (Lipinski definition) is 1. The third-order valence-corrected chi connectivity index (χ3v) is 5.76. The molecule has 1 aliphatic rings. The van der Waals surface area contributed by atoms with E-state index in [1.165, 1.54) is 6.26 Å². The van der Waals surface area contributed by atoms with Gasteiger partial charge in [0.15, 0.2) is 9.84 Å². The van der Waals surface area contributed by atoms with Crippen LogP contribution in [0.1, 0.15) is 18.4 Å². The molecular weight excluding hydrogens is 272 g/mol. The molecule has 1 aromatic rings. The molecule has 0 radical (unpaired) electrons. The second kappa shape index (κ2) is 4.45. The van der Waals surface area contributed by atoms with Crippen LogP contribution in [0.25, 0.3) is 0 Å². The summed E-state index contributed by atoms with van der Waals surface area (Å²) in [5.41, 5.74) is 0.934. The van der Waals surface area contributed by atoms with Gasteiger partial charge >= 0.3 is 0 Å². The van der Waals surface area contributed by atoms with E-state index in [9.17, 15) is 8.42 Å². The van der Waals surface area contributed by atoms with Crippen molar-refractivity contribution in [3.63, 3.8) is 0 Å². The summed E-state index contributed by atoms with van der Waals surface area (Å²) in [4.78, 5) is 0. The van der Waals surface area contributed by atoms with Crippen LogP contribution < -0.4 is 5.32 Å². The lowest BCUT2D eigenvalue weighted by atomic mass is 10.2. The number of nitriles is 1. The molecule has 2 rings (SSSR count). The second-order valence-electron chi connectivity index (χ2n) is 4.58. The SMILES string of the molecule is CS(=O)(=O)C1(CNc2c(Cl)cccc2C#N)CC1. The van der Waals surface area contributed by atoms with Crippen LogP contribution in [-0.4, -0.2) is 26.0 Å². The Kier molecular flexibility index (Phi) is 3.26. The first-order valence-corrected chi connectivity index (χ1v) is 7.79. The summed E-state index contributed by atoms with van der Waals surface area (Å²) in [5.74, 6) is 0. The molecule has 6 heteroatoms. The van der Waals surface area contributed by atoms with Crippen LogP contribution in [0.3, 0.4) is 0 Å². The highest BCUT2D eigenvalue weighted by molar-refractivity contribution is 7.92. The number of nitrogens with one attached hydrogen (secondary N) is 1. The molecule has 0 saturated heterocycles. The van der Waals surface area contributed by atoms with Crippen molar-refractivity contribution in [3.05, 3.63) is 28.8 Å². The molecule has 0 spiro atoms. The minimum atomic E-state index is -3.08. The lowest BCUT2D eigenvalue weighted by Gasteiger charge is -2.16. The van der Waals surface area contributed by atoms with Gasteiger partial charge in [-0.2, -0.15) is 5.26 Å². The Balaban J connectivity index is 2.20. The Morgan fingerprint density at radius 3 is 2.67 bits per heavy atom. The minimum Gasteiger partial charge on any atom is -0.381 e. The Labute approximate surface area is 111 Å². The Hall–Kier alpha value is -1.25. The maximum atomic E-state index is 11.6. The first-order valence-electron chi connectivity index (χ1n) is 5.52. The van der Waals surface area contributed by atoms with Crippen molar-refractivity contribution in [2.45, 2.75) is 17.6 Å². The van der Waals surface area contributed by atoms with Gasteiger partial charge in [-0.3, -0.25) is 0 Å². The number of benzene rings is 1. The summed E-state index contributed by atoms with van der Waals surface area (Å²) >= 11 is 6.01. The van der Waals surface area contributed by atoms with Crippen molar-refractivity contribution in [1.29, 1.82) is 5.26 Å². The van der Waals surface area contributed by atoms with E-state index in [0.717, 1.165) is 0 Å². The standard InChI is InChI=1S/C12H13ClN2O2S/c1-18(16,17)12(5-6-12)8-15-11-9(7-14)3-2-4-10(11)13/h2-4,15H,5-6,8H2,1H3. The summed E-state index contributed by atoms with van der Waals surface area (Å²) in [6.45, 7) is 0.296. The summed E-state index contributed by atoms with van der Waals surface area (Å²) in [6.07, 6.45) is 2.57. The van der Waals surface area contributed by atoms with Crippen molar-refractivity contribution >= 4 is 27.1 Å². The van der Waals surface area contributed by atoms with Crippen LogP contribution in [0.15, 0.2) is 18.2 Å². The molecular formula is C12H13ClN2O2S. The van der Waals surface area contributed by atoms with Crippen LogP contribution in [0.5, 0.6) is 0 Å². The molecule has 0 unspecified atom stereocenters.